The fraction of sp³-hybridized carbons (Fsp3) is 0.385. The van der Waals surface area contributed by atoms with Crippen molar-refractivity contribution in [1.29, 1.82) is 0 Å². The van der Waals surface area contributed by atoms with Crippen LogP contribution in [0, 0.1) is 11.7 Å². The third-order valence-electron chi connectivity index (χ3n) is 6.50. The summed E-state index contributed by atoms with van der Waals surface area (Å²) >= 11 is 0. The standard InChI is InChI=1S/C26H28F3N3O/c1-15(18-5-4-6-19(24(18)27)25(28)29)32-21-11-12-30-23-14-31-22(13-20(21)23)16-7-9-17(10-8-16)26(2,3)33/h4-7,11-15,17,25,33H,8-10H2,1-3H3,(H,30,32)/t15-,17?/m1/s1. The number of pyridine rings is 2. The second-order valence-electron chi connectivity index (χ2n) is 9.22. The zero-order valence-electron chi connectivity index (χ0n) is 18.9. The molecule has 2 N–H and O–H groups in total. The Hall–Kier alpha value is -2.93. The van der Waals surface area contributed by atoms with Gasteiger partial charge >= 0.3 is 0 Å². The van der Waals surface area contributed by atoms with E-state index >= 15 is 0 Å². The number of benzene rings is 1. The number of rotatable bonds is 6. The number of allylic oxidation sites excluding steroid dienone is 2. The van der Waals surface area contributed by atoms with Crippen molar-refractivity contribution in [2.24, 2.45) is 5.92 Å². The van der Waals surface area contributed by atoms with E-state index in [2.05, 4.69) is 21.4 Å². The molecule has 1 unspecified atom stereocenters. The van der Waals surface area contributed by atoms with Gasteiger partial charge in [0.15, 0.2) is 0 Å². The molecule has 4 nitrogen and oxygen atoms in total. The Morgan fingerprint density at radius 2 is 1.91 bits per heavy atom. The van der Waals surface area contributed by atoms with Crippen molar-refractivity contribution in [2.75, 3.05) is 5.32 Å². The van der Waals surface area contributed by atoms with E-state index in [0.717, 1.165) is 47.7 Å². The molecule has 1 aliphatic rings. The molecule has 4 rings (SSSR count). The molecule has 33 heavy (non-hydrogen) atoms. The third kappa shape index (κ3) is 4.88. The molecule has 0 fully saturated rings. The number of anilines is 1. The van der Waals surface area contributed by atoms with Gasteiger partial charge in [0.1, 0.15) is 5.82 Å². The van der Waals surface area contributed by atoms with Gasteiger partial charge in [0.2, 0.25) is 0 Å². The summed E-state index contributed by atoms with van der Waals surface area (Å²) in [5.41, 5.74) is 2.24. The van der Waals surface area contributed by atoms with Crippen LogP contribution in [-0.2, 0) is 0 Å². The minimum Gasteiger partial charge on any atom is -0.390 e. The Balaban J connectivity index is 1.63. The summed E-state index contributed by atoms with van der Waals surface area (Å²) in [5.74, 6) is -0.678. The first-order chi connectivity index (χ1) is 15.6. The molecular formula is C26H28F3N3O. The van der Waals surface area contributed by atoms with Crippen molar-refractivity contribution in [3.05, 3.63) is 71.4 Å². The predicted molar refractivity (Wildman–Crippen MR) is 125 cm³/mol. The third-order valence-corrected chi connectivity index (χ3v) is 6.50. The first-order valence-corrected chi connectivity index (χ1v) is 11.1. The van der Waals surface area contributed by atoms with E-state index in [1.165, 1.54) is 12.1 Å². The number of aliphatic hydroxyl groups is 1. The van der Waals surface area contributed by atoms with E-state index < -0.39 is 29.4 Å². The molecule has 1 aromatic carbocycles. The average molecular weight is 456 g/mol. The molecule has 0 amide bonds. The Kier molecular flexibility index (Phi) is 6.43. The average Bonchev–Trinajstić information content (AvgIpc) is 2.78. The first-order valence-electron chi connectivity index (χ1n) is 11.1. The van der Waals surface area contributed by atoms with Crippen molar-refractivity contribution < 1.29 is 18.3 Å². The molecule has 2 atom stereocenters. The van der Waals surface area contributed by atoms with E-state index in [4.69, 9.17) is 0 Å². The maximum Gasteiger partial charge on any atom is 0.266 e. The number of hydrogen-bond acceptors (Lipinski definition) is 4. The Morgan fingerprint density at radius 3 is 2.58 bits per heavy atom. The van der Waals surface area contributed by atoms with Crippen LogP contribution < -0.4 is 5.32 Å². The van der Waals surface area contributed by atoms with Crippen molar-refractivity contribution >= 4 is 22.2 Å². The van der Waals surface area contributed by atoms with Gasteiger partial charge in [0.25, 0.3) is 6.43 Å². The summed E-state index contributed by atoms with van der Waals surface area (Å²) in [6.07, 6.45) is 5.10. The summed E-state index contributed by atoms with van der Waals surface area (Å²) in [4.78, 5) is 8.96. The summed E-state index contributed by atoms with van der Waals surface area (Å²) in [7, 11) is 0. The van der Waals surface area contributed by atoms with Gasteiger partial charge in [-0.25, -0.2) is 13.2 Å². The molecule has 174 valence electrons. The fourth-order valence-corrected chi connectivity index (χ4v) is 4.44. The van der Waals surface area contributed by atoms with Crippen LogP contribution in [0.5, 0.6) is 0 Å². The number of halogens is 3. The highest BCUT2D eigenvalue weighted by molar-refractivity contribution is 5.92. The summed E-state index contributed by atoms with van der Waals surface area (Å²) in [6.45, 7) is 5.42. The van der Waals surface area contributed by atoms with E-state index in [9.17, 15) is 18.3 Å². The number of fused-ring (bicyclic) bond motifs is 1. The van der Waals surface area contributed by atoms with Crippen LogP contribution in [0.1, 0.15) is 69.3 Å². The fourth-order valence-electron chi connectivity index (χ4n) is 4.44. The SMILES string of the molecule is C[C@@H](Nc1ccnc2cnc(C3=CCC(C(C)(C)O)CC3)cc12)c1cccc(C(F)F)c1F. The van der Waals surface area contributed by atoms with Crippen LogP contribution >= 0.6 is 0 Å². The molecular weight excluding hydrogens is 427 g/mol. The number of alkyl halides is 2. The summed E-state index contributed by atoms with van der Waals surface area (Å²) < 4.78 is 40.9. The largest absolute Gasteiger partial charge is 0.390 e. The van der Waals surface area contributed by atoms with Gasteiger partial charge < -0.3 is 10.4 Å². The topological polar surface area (TPSA) is 58.0 Å². The van der Waals surface area contributed by atoms with Gasteiger partial charge in [0, 0.05) is 22.8 Å². The lowest BCUT2D eigenvalue weighted by molar-refractivity contribution is 0.0137. The van der Waals surface area contributed by atoms with E-state index in [1.54, 1.807) is 25.4 Å². The first kappa shape index (κ1) is 23.2. The van der Waals surface area contributed by atoms with Gasteiger partial charge in [-0.3, -0.25) is 9.97 Å². The second-order valence-corrected chi connectivity index (χ2v) is 9.22. The minimum absolute atomic E-state index is 0.180. The highest BCUT2D eigenvalue weighted by Gasteiger charge is 2.28. The van der Waals surface area contributed by atoms with Crippen LogP contribution in [0.3, 0.4) is 0 Å². The molecule has 1 aliphatic carbocycles. The van der Waals surface area contributed by atoms with Gasteiger partial charge in [-0.1, -0.05) is 24.3 Å². The van der Waals surface area contributed by atoms with Crippen LogP contribution in [0.15, 0.2) is 48.8 Å². The quantitative estimate of drug-likeness (QED) is 0.428. The minimum atomic E-state index is -2.87. The van der Waals surface area contributed by atoms with Gasteiger partial charge in [-0.15, -0.1) is 0 Å². The van der Waals surface area contributed by atoms with Gasteiger partial charge in [-0.05, 0) is 63.7 Å². The molecule has 2 aromatic heterocycles. The second kappa shape index (κ2) is 9.14. The lowest BCUT2D eigenvalue weighted by atomic mass is 9.79. The molecule has 0 spiro atoms. The smallest absolute Gasteiger partial charge is 0.266 e. The lowest BCUT2D eigenvalue weighted by Crippen LogP contribution is -2.31. The molecule has 3 aromatic rings. The highest BCUT2D eigenvalue weighted by atomic mass is 19.3. The molecule has 0 saturated heterocycles. The monoisotopic (exact) mass is 455 g/mol. The zero-order valence-corrected chi connectivity index (χ0v) is 18.9. The van der Waals surface area contributed by atoms with Crippen molar-refractivity contribution in [2.45, 2.75) is 58.1 Å². The van der Waals surface area contributed by atoms with Crippen LogP contribution in [0.25, 0.3) is 16.5 Å². The Labute approximate surface area is 191 Å². The van der Waals surface area contributed by atoms with E-state index in [-0.39, 0.29) is 11.5 Å². The molecule has 7 heteroatoms. The van der Waals surface area contributed by atoms with Crippen molar-refractivity contribution in [3.8, 4) is 0 Å². The number of aromatic nitrogens is 2. The molecule has 0 radical (unpaired) electrons. The number of hydrogen-bond donors (Lipinski definition) is 2. The van der Waals surface area contributed by atoms with Crippen LogP contribution in [-0.4, -0.2) is 20.7 Å². The lowest BCUT2D eigenvalue weighted by Gasteiger charge is -2.31. The maximum absolute atomic E-state index is 14.6. The van der Waals surface area contributed by atoms with E-state index in [0.29, 0.717) is 5.52 Å². The van der Waals surface area contributed by atoms with Gasteiger partial charge in [0.05, 0.1) is 34.6 Å². The van der Waals surface area contributed by atoms with Crippen molar-refractivity contribution in [1.82, 2.24) is 9.97 Å². The Bertz CT molecular complexity index is 1190. The molecule has 0 bridgehead atoms. The van der Waals surface area contributed by atoms with Crippen LogP contribution in [0.2, 0.25) is 0 Å². The Morgan fingerprint density at radius 1 is 1.15 bits per heavy atom. The van der Waals surface area contributed by atoms with Gasteiger partial charge in [-0.2, -0.15) is 0 Å². The van der Waals surface area contributed by atoms with Crippen LogP contribution in [0.4, 0.5) is 18.9 Å². The summed E-state index contributed by atoms with van der Waals surface area (Å²) in [6, 6.07) is 7.28. The molecule has 0 aliphatic heterocycles. The van der Waals surface area contributed by atoms with Crippen molar-refractivity contribution in [3.63, 3.8) is 0 Å². The maximum atomic E-state index is 14.6. The summed E-state index contributed by atoms with van der Waals surface area (Å²) in [5, 5.41) is 14.4. The molecule has 0 saturated carbocycles. The predicted octanol–water partition coefficient (Wildman–Crippen LogP) is 6.83. The molecule has 2 heterocycles. The highest BCUT2D eigenvalue weighted by Crippen LogP contribution is 2.36. The van der Waals surface area contributed by atoms with E-state index in [1.807, 2.05) is 19.9 Å². The number of nitrogens with zero attached hydrogens (tertiary/aromatic N) is 2. The number of nitrogens with one attached hydrogen (secondary N) is 1. The normalized spacial score (nSPS) is 17.8. The zero-order chi connectivity index (χ0) is 23.8.